The van der Waals surface area contributed by atoms with Gasteiger partial charge in [-0.05, 0) is 41.8 Å². The first-order valence-electron chi connectivity index (χ1n) is 6.12. The van der Waals surface area contributed by atoms with Gasteiger partial charge in [0, 0.05) is 17.0 Å². The fourth-order valence-electron chi connectivity index (χ4n) is 1.57. The average molecular weight is 257 g/mol. The number of rotatable bonds is 8. The van der Waals surface area contributed by atoms with Crippen LogP contribution >= 0.6 is 23.1 Å². The molecule has 0 spiro atoms. The van der Waals surface area contributed by atoms with Crippen molar-refractivity contribution in [1.82, 2.24) is 5.32 Å². The van der Waals surface area contributed by atoms with Crippen molar-refractivity contribution in [3.8, 4) is 0 Å². The van der Waals surface area contributed by atoms with Crippen LogP contribution in [0, 0.1) is 0 Å². The highest BCUT2D eigenvalue weighted by Gasteiger charge is 2.10. The molecule has 16 heavy (non-hydrogen) atoms. The highest BCUT2D eigenvalue weighted by Crippen LogP contribution is 2.17. The summed E-state index contributed by atoms with van der Waals surface area (Å²) in [6.45, 7) is 7.83. The Balaban J connectivity index is 2.35. The molecule has 0 aromatic carbocycles. The minimum atomic E-state index is 0.624. The average Bonchev–Trinajstić information content (AvgIpc) is 2.78. The van der Waals surface area contributed by atoms with Gasteiger partial charge in [-0.1, -0.05) is 20.8 Å². The van der Waals surface area contributed by atoms with Crippen molar-refractivity contribution >= 4 is 23.1 Å². The Labute approximate surface area is 108 Å². The van der Waals surface area contributed by atoms with Gasteiger partial charge in [-0.3, -0.25) is 0 Å². The molecule has 0 saturated heterocycles. The van der Waals surface area contributed by atoms with Crippen molar-refractivity contribution in [1.29, 1.82) is 0 Å². The molecule has 1 aromatic heterocycles. The second-order valence-electron chi connectivity index (χ2n) is 4.14. The highest BCUT2D eigenvalue weighted by atomic mass is 32.2. The zero-order valence-electron chi connectivity index (χ0n) is 10.5. The van der Waals surface area contributed by atoms with E-state index in [1.165, 1.54) is 24.2 Å². The highest BCUT2D eigenvalue weighted by molar-refractivity contribution is 7.99. The second kappa shape index (κ2) is 8.15. The van der Waals surface area contributed by atoms with Crippen LogP contribution in [-0.4, -0.2) is 23.6 Å². The van der Waals surface area contributed by atoms with Gasteiger partial charge >= 0.3 is 0 Å². The molecule has 1 aromatic rings. The predicted molar refractivity (Wildman–Crippen MR) is 77.7 cm³/mol. The van der Waals surface area contributed by atoms with Crippen LogP contribution < -0.4 is 5.32 Å². The van der Waals surface area contributed by atoms with Gasteiger partial charge in [0.2, 0.25) is 0 Å². The van der Waals surface area contributed by atoms with Gasteiger partial charge in [-0.25, -0.2) is 0 Å². The molecule has 0 bridgehead atoms. The monoisotopic (exact) mass is 257 g/mol. The molecular weight excluding hydrogens is 234 g/mol. The fourth-order valence-corrected chi connectivity index (χ4v) is 3.28. The van der Waals surface area contributed by atoms with E-state index in [1.807, 2.05) is 0 Å². The molecule has 1 rings (SSSR count). The van der Waals surface area contributed by atoms with Crippen molar-refractivity contribution in [2.75, 3.05) is 12.3 Å². The minimum absolute atomic E-state index is 0.624. The van der Waals surface area contributed by atoms with Crippen molar-refractivity contribution in [2.45, 2.75) is 44.9 Å². The number of hydrogen-bond donors (Lipinski definition) is 1. The lowest BCUT2D eigenvalue weighted by Gasteiger charge is -2.19. The second-order valence-corrected chi connectivity index (χ2v) is 6.39. The van der Waals surface area contributed by atoms with Crippen LogP contribution in [0.5, 0.6) is 0 Å². The summed E-state index contributed by atoms with van der Waals surface area (Å²) in [6, 6.07) is 2.86. The van der Waals surface area contributed by atoms with E-state index in [9.17, 15) is 0 Å². The van der Waals surface area contributed by atoms with Gasteiger partial charge < -0.3 is 5.32 Å². The normalized spacial score (nSPS) is 14.9. The van der Waals surface area contributed by atoms with Crippen LogP contribution in [-0.2, 0) is 6.42 Å². The van der Waals surface area contributed by atoms with E-state index in [0.29, 0.717) is 6.04 Å². The van der Waals surface area contributed by atoms with E-state index in [0.717, 1.165) is 11.8 Å². The van der Waals surface area contributed by atoms with Gasteiger partial charge in [0.25, 0.3) is 0 Å². The largest absolute Gasteiger partial charge is 0.313 e. The molecule has 0 amide bonds. The van der Waals surface area contributed by atoms with E-state index in [4.69, 9.17) is 0 Å². The third kappa shape index (κ3) is 5.37. The molecule has 3 heteroatoms. The van der Waals surface area contributed by atoms with Gasteiger partial charge in [-0.2, -0.15) is 23.1 Å². The summed E-state index contributed by atoms with van der Waals surface area (Å²) >= 11 is 3.88. The molecule has 1 heterocycles. The predicted octanol–water partition coefficient (Wildman–Crippen LogP) is 3.80. The third-order valence-electron chi connectivity index (χ3n) is 2.71. The molecule has 0 aliphatic carbocycles. The van der Waals surface area contributed by atoms with Gasteiger partial charge in [0.1, 0.15) is 0 Å². The van der Waals surface area contributed by atoms with E-state index in [1.54, 1.807) is 11.3 Å². The molecule has 0 radical (unpaired) electrons. The lowest BCUT2D eigenvalue weighted by Crippen LogP contribution is -2.33. The quantitative estimate of drug-likeness (QED) is 0.760. The van der Waals surface area contributed by atoms with E-state index in [-0.39, 0.29) is 0 Å². The number of likely N-dealkylation sites (N-methyl/N-ethyl adjacent to an activating group) is 1. The van der Waals surface area contributed by atoms with Crippen molar-refractivity contribution in [3.63, 3.8) is 0 Å². The van der Waals surface area contributed by atoms with Crippen LogP contribution in [0.1, 0.15) is 32.8 Å². The Morgan fingerprint density at radius 1 is 1.44 bits per heavy atom. The van der Waals surface area contributed by atoms with Crippen LogP contribution in [0.3, 0.4) is 0 Å². The SMILES string of the molecule is CCNC(CSC(C)CC)Cc1ccsc1. The molecule has 0 fully saturated rings. The Bertz CT molecular complexity index is 259. The molecule has 2 atom stereocenters. The molecule has 0 aliphatic heterocycles. The summed E-state index contributed by atoms with van der Waals surface area (Å²) in [6.07, 6.45) is 2.43. The number of nitrogens with one attached hydrogen (secondary N) is 1. The van der Waals surface area contributed by atoms with E-state index < -0.39 is 0 Å². The van der Waals surface area contributed by atoms with Crippen molar-refractivity contribution in [3.05, 3.63) is 22.4 Å². The standard InChI is InChI=1S/C13H23NS2/c1-4-11(3)16-10-13(14-5-2)8-12-6-7-15-9-12/h6-7,9,11,13-14H,4-5,8,10H2,1-3H3. The van der Waals surface area contributed by atoms with Crippen molar-refractivity contribution in [2.24, 2.45) is 0 Å². The third-order valence-corrected chi connectivity index (χ3v) is 4.94. The first-order chi connectivity index (χ1) is 7.76. The van der Waals surface area contributed by atoms with Gasteiger partial charge in [-0.15, -0.1) is 0 Å². The first-order valence-corrected chi connectivity index (χ1v) is 8.11. The summed E-state index contributed by atoms with van der Waals surface area (Å²) in [5, 5.41) is 8.79. The molecule has 0 aliphatic rings. The Morgan fingerprint density at radius 3 is 2.81 bits per heavy atom. The summed E-state index contributed by atoms with van der Waals surface area (Å²) < 4.78 is 0. The lowest BCUT2D eigenvalue weighted by atomic mass is 10.1. The van der Waals surface area contributed by atoms with Crippen LogP contribution in [0.25, 0.3) is 0 Å². The molecule has 2 unspecified atom stereocenters. The van der Waals surface area contributed by atoms with Crippen LogP contribution in [0.15, 0.2) is 16.8 Å². The van der Waals surface area contributed by atoms with Crippen LogP contribution in [0.4, 0.5) is 0 Å². The topological polar surface area (TPSA) is 12.0 Å². The number of thioether (sulfide) groups is 1. The fraction of sp³-hybridized carbons (Fsp3) is 0.692. The zero-order chi connectivity index (χ0) is 11.8. The van der Waals surface area contributed by atoms with Gasteiger partial charge in [0.05, 0.1) is 0 Å². The number of thiophene rings is 1. The first kappa shape index (κ1) is 14.1. The smallest absolute Gasteiger partial charge is 0.0198 e. The maximum Gasteiger partial charge on any atom is 0.0198 e. The number of hydrogen-bond acceptors (Lipinski definition) is 3. The van der Waals surface area contributed by atoms with Crippen molar-refractivity contribution < 1.29 is 0 Å². The summed E-state index contributed by atoms with van der Waals surface area (Å²) in [5.41, 5.74) is 1.47. The molecule has 1 nitrogen and oxygen atoms in total. The Hall–Kier alpha value is 0.01000. The molecule has 92 valence electrons. The lowest BCUT2D eigenvalue weighted by molar-refractivity contribution is 0.572. The minimum Gasteiger partial charge on any atom is -0.313 e. The summed E-state index contributed by atoms with van der Waals surface area (Å²) in [5.74, 6) is 1.22. The maximum atomic E-state index is 3.58. The Morgan fingerprint density at radius 2 is 2.25 bits per heavy atom. The Kier molecular flexibility index (Phi) is 7.17. The molecule has 1 N–H and O–H groups in total. The van der Waals surface area contributed by atoms with E-state index >= 15 is 0 Å². The molecular formula is C13H23NS2. The van der Waals surface area contributed by atoms with Gasteiger partial charge in [0.15, 0.2) is 0 Å². The maximum absolute atomic E-state index is 3.58. The molecule has 0 saturated carbocycles. The summed E-state index contributed by atoms with van der Waals surface area (Å²) in [7, 11) is 0. The van der Waals surface area contributed by atoms with Crippen LogP contribution in [0.2, 0.25) is 0 Å². The van der Waals surface area contributed by atoms with E-state index in [2.05, 4.69) is 54.7 Å². The summed E-state index contributed by atoms with van der Waals surface area (Å²) in [4.78, 5) is 0. The zero-order valence-corrected chi connectivity index (χ0v) is 12.2.